The van der Waals surface area contributed by atoms with Crippen LogP contribution in [0, 0.1) is 10.1 Å². The standard InChI is InChI=1S/C13H15NO6S/c1-9(15)20-13(8-21-10(2)16)7-19-12-5-3-11(4-6-12)14(17)18/h3-6,13H,7-8H2,1-2H3. The molecule has 0 aliphatic rings. The Morgan fingerprint density at radius 1 is 1.29 bits per heavy atom. The minimum Gasteiger partial charge on any atom is -0.490 e. The molecule has 0 saturated heterocycles. The van der Waals surface area contributed by atoms with Gasteiger partial charge in [-0.3, -0.25) is 19.7 Å². The number of carbonyl (C=O) groups is 2. The number of nitro benzene ring substituents is 1. The lowest BCUT2D eigenvalue weighted by Crippen LogP contribution is -2.27. The summed E-state index contributed by atoms with van der Waals surface area (Å²) in [5, 5.41) is 10.4. The number of benzene rings is 1. The van der Waals surface area contributed by atoms with Crippen molar-refractivity contribution in [3.8, 4) is 5.75 Å². The summed E-state index contributed by atoms with van der Waals surface area (Å²) in [6.45, 7) is 2.77. The highest BCUT2D eigenvalue weighted by Gasteiger charge is 2.15. The predicted molar refractivity (Wildman–Crippen MR) is 77.3 cm³/mol. The van der Waals surface area contributed by atoms with Crippen molar-refractivity contribution < 1.29 is 24.0 Å². The monoisotopic (exact) mass is 313 g/mol. The van der Waals surface area contributed by atoms with Crippen LogP contribution in [0.1, 0.15) is 13.8 Å². The van der Waals surface area contributed by atoms with Crippen molar-refractivity contribution in [3.05, 3.63) is 34.4 Å². The number of nitrogens with zero attached hydrogens (tertiary/aromatic N) is 1. The molecular formula is C13H15NO6S. The van der Waals surface area contributed by atoms with Crippen molar-refractivity contribution in [2.24, 2.45) is 0 Å². The summed E-state index contributed by atoms with van der Waals surface area (Å²) in [5.74, 6) is 0.254. The van der Waals surface area contributed by atoms with Crippen molar-refractivity contribution >= 4 is 28.5 Å². The molecule has 7 nitrogen and oxygen atoms in total. The van der Waals surface area contributed by atoms with Gasteiger partial charge in [-0.1, -0.05) is 11.8 Å². The first-order valence-corrected chi connectivity index (χ1v) is 7.05. The molecule has 0 aromatic heterocycles. The van der Waals surface area contributed by atoms with Gasteiger partial charge < -0.3 is 9.47 Å². The van der Waals surface area contributed by atoms with Crippen LogP contribution in [0.25, 0.3) is 0 Å². The molecule has 1 unspecified atom stereocenters. The Morgan fingerprint density at radius 2 is 1.90 bits per heavy atom. The van der Waals surface area contributed by atoms with Crippen LogP contribution in [0.3, 0.4) is 0 Å². The van der Waals surface area contributed by atoms with Crippen LogP contribution < -0.4 is 4.74 Å². The fourth-order valence-corrected chi connectivity index (χ4v) is 2.00. The van der Waals surface area contributed by atoms with Gasteiger partial charge in [0.2, 0.25) is 0 Å². The van der Waals surface area contributed by atoms with Gasteiger partial charge in [0.15, 0.2) is 5.12 Å². The van der Waals surface area contributed by atoms with Crippen LogP contribution in [0.4, 0.5) is 5.69 Å². The fourth-order valence-electron chi connectivity index (χ4n) is 1.41. The zero-order chi connectivity index (χ0) is 15.8. The van der Waals surface area contributed by atoms with E-state index in [2.05, 4.69) is 0 Å². The van der Waals surface area contributed by atoms with Gasteiger partial charge in [0.1, 0.15) is 18.5 Å². The largest absolute Gasteiger partial charge is 0.490 e. The number of esters is 1. The van der Waals surface area contributed by atoms with E-state index >= 15 is 0 Å². The Bertz CT molecular complexity index is 516. The molecule has 0 radical (unpaired) electrons. The van der Waals surface area contributed by atoms with Crippen LogP contribution >= 0.6 is 11.8 Å². The Morgan fingerprint density at radius 3 is 2.38 bits per heavy atom. The highest BCUT2D eigenvalue weighted by molar-refractivity contribution is 8.13. The normalized spacial score (nSPS) is 11.5. The molecular weight excluding hydrogens is 298 g/mol. The van der Waals surface area contributed by atoms with E-state index in [9.17, 15) is 19.7 Å². The van der Waals surface area contributed by atoms with Gasteiger partial charge in [-0.25, -0.2) is 0 Å². The van der Waals surface area contributed by atoms with Crippen molar-refractivity contribution in [1.29, 1.82) is 0 Å². The first-order valence-electron chi connectivity index (χ1n) is 6.06. The maximum atomic E-state index is 11.0. The SMILES string of the molecule is CC(=O)OC(COc1ccc([N+](=O)[O-])cc1)CSC(C)=O. The molecule has 0 fully saturated rings. The second kappa shape index (κ2) is 8.25. The van der Waals surface area contributed by atoms with Crippen molar-refractivity contribution in [2.45, 2.75) is 20.0 Å². The Labute approximate surface area is 125 Å². The molecule has 0 bridgehead atoms. The Balaban J connectivity index is 2.56. The molecule has 8 heteroatoms. The molecule has 0 saturated carbocycles. The van der Waals surface area contributed by atoms with Gasteiger partial charge in [0.05, 0.1) is 4.92 Å². The minimum atomic E-state index is -0.563. The Hall–Kier alpha value is -2.09. The summed E-state index contributed by atoms with van der Waals surface area (Å²) in [6.07, 6.45) is -0.563. The number of carbonyl (C=O) groups excluding carboxylic acids is 2. The van der Waals surface area contributed by atoms with Crippen molar-refractivity contribution in [3.63, 3.8) is 0 Å². The van der Waals surface area contributed by atoms with Crippen molar-refractivity contribution in [2.75, 3.05) is 12.4 Å². The van der Waals surface area contributed by atoms with Gasteiger partial charge in [-0.2, -0.15) is 0 Å². The van der Waals surface area contributed by atoms with E-state index in [-0.39, 0.29) is 17.4 Å². The lowest BCUT2D eigenvalue weighted by atomic mass is 10.3. The molecule has 1 atom stereocenters. The molecule has 1 aromatic rings. The van der Waals surface area contributed by atoms with Gasteiger partial charge in [0, 0.05) is 31.7 Å². The second-order valence-electron chi connectivity index (χ2n) is 4.10. The van der Waals surface area contributed by atoms with Crippen molar-refractivity contribution in [1.82, 2.24) is 0 Å². The molecule has 114 valence electrons. The van der Waals surface area contributed by atoms with Gasteiger partial charge in [-0.15, -0.1) is 0 Å². The molecule has 0 amide bonds. The molecule has 0 N–H and O–H groups in total. The number of ether oxygens (including phenoxy) is 2. The third kappa shape index (κ3) is 6.75. The summed E-state index contributed by atoms with van der Waals surface area (Å²) in [6, 6.07) is 5.56. The van der Waals surface area contributed by atoms with Crippen LogP contribution in [-0.2, 0) is 14.3 Å². The number of nitro groups is 1. The average molecular weight is 313 g/mol. The second-order valence-corrected chi connectivity index (χ2v) is 5.29. The fraction of sp³-hybridized carbons (Fsp3) is 0.385. The van der Waals surface area contributed by atoms with E-state index in [1.165, 1.54) is 38.1 Å². The van der Waals surface area contributed by atoms with Crippen LogP contribution in [-0.4, -0.2) is 34.5 Å². The maximum Gasteiger partial charge on any atom is 0.303 e. The lowest BCUT2D eigenvalue weighted by molar-refractivity contribution is -0.384. The molecule has 0 aliphatic carbocycles. The summed E-state index contributed by atoms with van der Waals surface area (Å²) < 4.78 is 10.5. The summed E-state index contributed by atoms with van der Waals surface area (Å²) in [4.78, 5) is 31.9. The molecule has 1 rings (SSSR count). The number of non-ortho nitro benzene ring substituents is 1. The summed E-state index contributed by atoms with van der Waals surface area (Å²) in [7, 11) is 0. The average Bonchev–Trinajstić information content (AvgIpc) is 2.41. The number of rotatable bonds is 7. The third-order valence-electron chi connectivity index (χ3n) is 2.29. The molecule has 0 heterocycles. The molecule has 0 aliphatic heterocycles. The predicted octanol–water partition coefficient (Wildman–Crippen LogP) is 2.18. The quantitative estimate of drug-likeness (QED) is 0.432. The topological polar surface area (TPSA) is 95.7 Å². The smallest absolute Gasteiger partial charge is 0.303 e. The zero-order valence-electron chi connectivity index (χ0n) is 11.6. The number of hydrogen-bond acceptors (Lipinski definition) is 7. The van der Waals surface area contributed by atoms with Gasteiger partial charge in [0.25, 0.3) is 5.69 Å². The van der Waals surface area contributed by atoms with E-state index in [1.807, 2.05) is 0 Å². The van der Waals surface area contributed by atoms with Gasteiger partial charge >= 0.3 is 5.97 Å². The number of hydrogen-bond donors (Lipinski definition) is 0. The van der Waals surface area contributed by atoms with E-state index in [4.69, 9.17) is 9.47 Å². The first kappa shape index (κ1) is 17.0. The molecule has 0 spiro atoms. The minimum absolute atomic E-state index is 0.0361. The lowest BCUT2D eigenvalue weighted by Gasteiger charge is -2.16. The van der Waals surface area contributed by atoms with E-state index in [0.29, 0.717) is 11.5 Å². The number of thioether (sulfide) groups is 1. The maximum absolute atomic E-state index is 11.0. The van der Waals surface area contributed by atoms with E-state index < -0.39 is 17.0 Å². The molecule has 1 aromatic carbocycles. The highest BCUT2D eigenvalue weighted by Crippen LogP contribution is 2.18. The summed E-state index contributed by atoms with van der Waals surface area (Å²) >= 11 is 1.04. The zero-order valence-corrected chi connectivity index (χ0v) is 12.4. The van der Waals surface area contributed by atoms with Crippen LogP contribution in [0.15, 0.2) is 24.3 Å². The van der Waals surface area contributed by atoms with Crippen LogP contribution in [0.2, 0.25) is 0 Å². The van der Waals surface area contributed by atoms with E-state index in [0.717, 1.165) is 11.8 Å². The first-order chi connectivity index (χ1) is 9.88. The highest BCUT2D eigenvalue weighted by atomic mass is 32.2. The van der Waals surface area contributed by atoms with Gasteiger partial charge in [-0.05, 0) is 12.1 Å². The Kier molecular flexibility index (Phi) is 6.67. The third-order valence-corrected chi connectivity index (χ3v) is 3.23. The van der Waals surface area contributed by atoms with Crippen LogP contribution in [0.5, 0.6) is 5.75 Å². The summed E-state index contributed by atoms with van der Waals surface area (Å²) in [5.41, 5.74) is -0.0361. The van der Waals surface area contributed by atoms with E-state index in [1.54, 1.807) is 0 Å². The molecule has 21 heavy (non-hydrogen) atoms.